The monoisotopic (exact) mass is 245 g/mol. The van der Waals surface area contributed by atoms with E-state index in [2.05, 4.69) is 15.3 Å². The van der Waals surface area contributed by atoms with Crippen LogP contribution in [0.5, 0.6) is 0 Å². The van der Waals surface area contributed by atoms with Crippen molar-refractivity contribution < 1.29 is 9.47 Å². The minimum atomic E-state index is 0.530. The molecular weight excluding hydrogens is 230 g/mol. The van der Waals surface area contributed by atoms with Gasteiger partial charge in [-0.05, 0) is 6.42 Å². The maximum Gasteiger partial charge on any atom is 0.148 e. The number of nitrogens with one attached hydrogen (secondary N) is 1. The highest BCUT2D eigenvalue weighted by Crippen LogP contribution is 2.15. The zero-order valence-corrected chi connectivity index (χ0v) is 10.0. The van der Waals surface area contributed by atoms with Gasteiger partial charge in [-0.3, -0.25) is 0 Å². The Labute approximate surface area is 100 Å². The maximum atomic E-state index is 5.87. The molecule has 5 nitrogen and oxygen atoms in total. The molecule has 1 aromatic heterocycles. The van der Waals surface area contributed by atoms with Crippen molar-refractivity contribution in [2.75, 3.05) is 38.8 Å². The summed E-state index contributed by atoms with van der Waals surface area (Å²) in [6, 6.07) is 0. The zero-order chi connectivity index (χ0) is 11.6. The van der Waals surface area contributed by atoms with Gasteiger partial charge in [-0.2, -0.15) is 0 Å². The number of aromatic nitrogens is 2. The maximum absolute atomic E-state index is 5.87. The molecule has 0 radical (unpaired) electrons. The molecule has 1 heterocycles. The van der Waals surface area contributed by atoms with E-state index in [-0.39, 0.29) is 0 Å². The molecule has 0 aliphatic carbocycles. The number of ether oxygens (including phenoxy) is 2. The van der Waals surface area contributed by atoms with Crippen molar-refractivity contribution in [2.45, 2.75) is 6.42 Å². The second kappa shape index (κ2) is 8.27. The van der Waals surface area contributed by atoms with Gasteiger partial charge in [0.1, 0.15) is 17.2 Å². The number of hydrogen-bond donors (Lipinski definition) is 1. The van der Waals surface area contributed by atoms with Crippen LogP contribution in [0.1, 0.15) is 6.42 Å². The molecule has 0 atom stereocenters. The Hall–Kier alpha value is -0.910. The van der Waals surface area contributed by atoms with Gasteiger partial charge in [-0.25, -0.2) is 9.97 Å². The fourth-order valence-electron chi connectivity index (χ4n) is 1.07. The molecule has 0 saturated heterocycles. The number of methoxy groups -OCH3 is 1. The fourth-order valence-corrected chi connectivity index (χ4v) is 1.24. The third-order valence-electron chi connectivity index (χ3n) is 1.86. The van der Waals surface area contributed by atoms with Gasteiger partial charge >= 0.3 is 0 Å². The molecule has 6 heteroatoms. The van der Waals surface area contributed by atoms with Crippen molar-refractivity contribution in [3.63, 3.8) is 0 Å². The third kappa shape index (κ3) is 5.25. The minimum absolute atomic E-state index is 0.530. The highest BCUT2D eigenvalue weighted by molar-refractivity contribution is 6.32. The Bertz CT molecular complexity index is 299. The standard InChI is InChI=1S/C10H16ClN3O2/c1-15-5-6-16-4-2-3-13-10-9(11)7-12-8-14-10/h7-8H,2-6H2,1H3,(H,12,13,14). The zero-order valence-electron chi connectivity index (χ0n) is 9.28. The van der Waals surface area contributed by atoms with Gasteiger partial charge in [0.25, 0.3) is 0 Å². The lowest BCUT2D eigenvalue weighted by Gasteiger charge is -2.06. The lowest BCUT2D eigenvalue weighted by atomic mass is 10.4. The first-order valence-electron chi connectivity index (χ1n) is 5.10. The van der Waals surface area contributed by atoms with Crippen molar-refractivity contribution in [1.29, 1.82) is 0 Å². The Kier molecular flexibility index (Phi) is 6.80. The molecule has 1 aromatic rings. The Balaban J connectivity index is 2.05. The van der Waals surface area contributed by atoms with Gasteiger partial charge in [0.05, 0.1) is 19.4 Å². The van der Waals surface area contributed by atoms with E-state index in [9.17, 15) is 0 Å². The van der Waals surface area contributed by atoms with E-state index in [0.717, 1.165) is 13.0 Å². The smallest absolute Gasteiger partial charge is 0.148 e. The van der Waals surface area contributed by atoms with Gasteiger partial charge in [-0.15, -0.1) is 0 Å². The van der Waals surface area contributed by atoms with Gasteiger partial charge < -0.3 is 14.8 Å². The van der Waals surface area contributed by atoms with Gasteiger partial charge in [-0.1, -0.05) is 11.6 Å². The molecule has 90 valence electrons. The molecule has 16 heavy (non-hydrogen) atoms. The molecule has 0 unspecified atom stereocenters. The summed E-state index contributed by atoms with van der Waals surface area (Å²) in [7, 11) is 1.65. The number of rotatable bonds is 8. The molecule has 0 fully saturated rings. The van der Waals surface area contributed by atoms with Crippen molar-refractivity contribution in [3.8, 4) is 0 Å². The first-order chi connectivity index (χ1) is 7.84. The number of anilines is 1. The second-order valence-electron chi connectivity index (χ2n) is 3.10. The largest absolute Gasteiger partial charge is 0.382 e. The topological polar surface area (TPSA) is 56.3 Å². The van der Waals surface area contributed by atoms with Crippen LogP contribution in [0.2, 0.25) is 5.02 Å². The normalized spacial score (nSPS) is 10.4. The SMILES string of the molecule is COCCOCCCNc1ncncc1Cl. The molecule has 1 rings (SSSR count). The van der Waals surface area contributed by atoms with Crippen LogP contribution >= 0.6 is 11.6 Å². The molecule has 0 aromatic carbocycles. The first-order valence-corrected chi connectivity index (χ1v) is 5.48. The number of halogens is 1. The molecular formula is C10H16ClN3O2. The minimum Gasteiger partial charge on any atom is -0.382 e. The summed E-state index contributed by atoms with van der Waals surface area (Å²) in [5.74, 6) is 0.661. The lowest BCUT2D eigenvalue weighted by Crippen LogP contribution is -2.09. The molecule has 0 bridgehead atoms. The first kappa shape index (κ1) is 13.2. The van der Waals surface area contributed by atoms with E-state index in [4.69, 9.17) is 21.1 Å². The average molecular weight is 246 g/mol. The number of hydrogen-bond acceptors (Lipinski definition) is 5. The van der Waals surface area contributed by atoms with Crippen LogP contribution in [0.15, 0.2) is 12.5 Å². The van der Waals surface area contributed by atoms with Crippen molar-refractivity contribution in [1.82, 2.24) is 9.97 Å². The lowest BCUT2D eigenvalue weighted by molar-refractivity contribution is 0.0705. The van der Waals surface area contributed by atoms with Crippen LogP contribution in [-0.4, -0.2) is 43.4 Å². The highest BCUT2D eigenvalue weighted by Gasteiger charge is 1.99. The van der Waals surface area contributed by atoms with Gasteiger partial charge in [0.15, 0.2) is 0 Å². The molecule has 0 aliphatic rings. The quantitative estimate of drug-likeness (QED) is 0.705. The Morgan fingerprint density at radius 2 is 2.25 bits per heavy atom. The number of nitrogens with zero attached hydrogens (tertiary/aromatic N) is 2. The van der Waals surface area contributed by atoms with Crippen LogP contribution in [0.25, 0.3) is 0 Å². The van der Waals surface area contributed by atoms with E-state index in [1.54, 1.807) is 13.3 Å². The van der Waals surface area contributed by atoms with Crippen molar-refractivity contribution in [3.05, 3.63) is 17.5 Å². The van der Waals surface area contributed by atoms with Gasteiger partial charge in [0, 0.05) is 20.3 Å². The van der Waals surface area contributed by atoms with E-state index in [1.807, 2.05) is 0 Å². The summed E-state index contributed by atoms with van der Waals surface area (Å²) >= 11 is 5.87. The average Bonchev–Trinajstić information content (AvgIpc) is 2.30. The molecule has 0 amide bonds. The van der Waals surface area contributed by atoms with Crippen LogP contribution in [0.3, 0.4) is 0 Å². The van der Waals surface area contributed by atoms with E-state index < -0.39 is 0 Å². The van der Waals surface area contributed by atoms with E-state index in [0.29, 0.717) is 30.7 Å². The molecule has 0 aliphatic heterocycles. The van der Waals surface area contributed by atoms with E-state index >= 15 is 0 Å². The summed E-state index contributed by atoms with van der Waals surface area (Å²) in [4.78, 5) is 7.81. The highest BCUT2D eigenvalue weighted by atomic mass is 35.5. The summed E-state index contributed by atoms with van der Waals surface area (Å²) < 4.78 is 10.2. The fraction of sp³-hybridized carbons (Fsp3) is 0.600. The predicted octanol–water partition coefficient (Wildman–Crippen LogP) is 1.59. The Morgan fingerprint density at radius 3 is 3.00 bits per heavy atom. The van der Waals surface area contributed by atoms with Crippen LogP contribution < -0.4 is 5.32 Å². The van der Waals surface area contributed by atoms with E-state index in [1.165, 1.54) is 6.33 Å². The summed E-state index contributed by atoms with van der Waals surface area (Å²) in [5, 5.41) is 3.64. The Morgan fingerprint density at radius 1 is 1.38 bits per heavy atom. The predicted molar refractivity (Wildman–Crippen MR) is 62.8 cm³/mol. The van der Waals surface area contributed by atoms with Crippen molar-refractivity contribution >= 4 is 17.4 Å². The summed E-state index contributed by atoms with van der Waals surface area (Å²) in [6.45, 7) is 2.72. The van der Waals surface area contributed by atoms with Crippen LogP contribution in [-0.2, 0) is 9.47 Å². The van der Waals surface area contributed by atoms with Crippen molar-refractivity contribution in [2.24, 2.45) is 0 Å². The molecule has 0 spiro atoms. The van der Waals surface area contributed by atoms with Crippen LogP contribution in [0.4, 0.5) is 5.82 Å². The summed E-state index contributed by atoms with van der Waals surface area (Å²) in [5.41, 5.74) is 0. The van der Waals surface area contributed by atoms with Gasteiger partial charge in [0.2, 0.25) is 0 Å². The molecule has 1 N–H and O–H groups in total. The summed E-state index contributed by atoms with van der Waals surface area (Å²) in [6.07, 6.45) is 3.92. The van der Waals surface area contributed by atoms with Crippen LogP contribution in [0, 0.1) is 0 Å². The molecule has 0 saturated carbocycles. The third-order valence-corrected chi connectivity index (χ3v) is 2.13. The second-order valence-corrected chi connectivity index (χ2v) is 3.51.